The van der Waals surface area contributed by atoms with Gasteiger partial charge in [0.15, 0.2) is 0 Å². The van der Waals surface area contributed by atoms with E-state index in [9.17, 15) is 0 Å². The highest BCUT2D eigenvalue weighted by atomic mass is 32.1. The van der Waals surface area contributed by atoms with Gasteiger partial charge in [-0.1, -0.05) is 70.5 Å². The smallest absolute Gasteiger partial charge is 0.0190 e. The molecule has 0 saturated carbocycles. The highest BCUT2D eigenvalue weighted by Gasteiger charge is 2.15. The molecule has 0 saturated heterocycles. The lowest BCUT2D eigenvalue weighted by Crippen LogP contribution is -2.37. The van der Waals surface area contributed by atoms with Gasteiger partial charge in [-0.15, -0.1) is 0 Å². The highest BCUT2D eigenvalue weighted by molar-refractivity contribution is 8.00. The Balaban J connectivity index is 4.41. The van der Waals surface area contributed by atoms with Gasteiger partial charge >= 0.3 is 0 Å². The van der Waals surface area contributed by atoms with Crippen LogP contribution in [0.25, 0.3) is 0 Å². The Labute approximate surface area is 138 Å². The first kappa shape index (κ1) is 20.1. The lowest BCUT2D eigenvalue weighted by molar-refractivity contribution is 0.269. The molecule has 120 valence electrons. The molecular formula is C17H34NS2-. The van der Waals surface area contributed by atoms with Gasteiger partial charge in [0.25, 0.3) is 0 Å². The molecule has 3 heteroatoms. The van der Waals surface area contributed by atoms with E-state index in [1.165, 1.54) is 51.4 Å². The molecule has 2 unspecified atom stereocenters. The molecule has 2 atom stereocenters. The maximum Gasteiger partial charge on any atom is 0.0190 e. The summed E-state index contributed by atoms with van der Waals surface area (Å²) in [4.78, 5) is 2.30. The predicted octanol–water partition coefficient (Wildman–Crippen LogP) is 5.55. The van der Waals surface area contributed by atoms with E-state index in [-0.39, 0.29) is 0 Å². The minimum absolute atomic E-state index is 0.676. The molecule has 0 aliphatic carbocycles. The van der Waals surface area contributed by atoms with Crippen molar-refractivity contribution in [2.45, 2.75) is 79.1 Å². The van der Waals surface area contributed by atoms with E-state index >= 15 is 0 Å². The zero-order valence-corrected chi connectivity index (χ0v) is 15.6. The molecule has 0 spiro atoms. The summed E-state index contributed by atoms with van der Waals surface area (Å²) in [6.45, 7) is 11.3. The number of hydrogen-bond donors (Lipinski definition) is 0. The lowest BCUT2D eigenvalue weighted by atomic mass is 9.96. The third kappa shape index (κ3) is 9.12. The molecular weight excluding hydrogens is 282 g/mol. The fraction of sp³-hybridized carbons (Fsp3) is 0.941. The SMILES string of the molecule is CCCCC(CC)CN(CC(CC)CCCC)C(=S)[S-]. The minimum Gasteiger partial charge on any atom is -0.411 e. The van der Waals surface area contributed by atoms with Gasteiger partial charge in [0.1, 0.15) is 0 Å². The Kier molecular flexibility index (Phi) is 12.9. The van der Waals surface area contributed by atoms with Crippen LogP contribution >= 0.6 is 12.2 Å². The average molecular weight is 317 g/mol. The normalized spacial score (nSPS) is 14.0. The molecule has 0 aliphatic rings. The van der Waals surface area contributed by atoms with E-state index in [1.807, 2.05) is 0 Å². The zero-order valence-electron chi connectivity index (χ0n) is 14.0. The van der Waals surface area contributed by atoms with E-state index in [4.69, 9.17) is 24.8 Å². The van der Waals surface area contributed by atoms with Gasteiger partial charge in [-0.05, 0) is 24.7 Å². The molecule has 0 fully saturated rings. The molecule has 0 aliphatic heterocycles. The Morgan fingerprint density at radius 2 is 1.30 bits per heavy atom. The van der Waals surface area contributed by atoms with Gasteiger partial charge in [0.05, 0.1) is 0 Å². The van der Waals surface area contributed by atoms with Crippen LogP contribution in [0.5, 0.6) is 0 Å². The molecule has 0 aromatic carbocycles. The van der Waals surface area contributed by atoms with Crippen LogP contribution in [-0.4, -0.2) is 22.3 Å². The first-order valence-electron chi connectivity index (χ1n) is 8.54. The van der Waals surface area contributed by atoms with Crippen molar-refractivity contribution in [2.24, 2.45) is 11.8 Å². The maximum atomic E-state index is 5.32. The van der Waals surface area contributed by atoms with Crippen LogP contribution < -0.4 is 0 Å². The second kappa shape index (κ2) is 12.8. The summed E-state index contributed by atoms with van der Waals surface area (Å²) in [5, 5.41) is 0. The fourth-order valence-corrected chi connectivity index (χ4v) is 2.98. The van der Waals surface area contributed by atoms with Crippen molar-refractivity contribution in [1.82, 2.24) is 4.90 Å². The number of unbranched alkanes of at least 4 members (excludes halogenated alkanes) is 2. The molecule has 0 aromatic rings. The summed E-state index contributed by atoms with van der Waals surface area (Å²) >= 11 is 10.6. The molecule has 0 aromatic heterocycles. The summed E-state index contributed by atoms with van der Waals surface area (Å²) in [6, 6.07) is 0. The second-order valence-electron chi connectivity index (χ2n) is 6.00. The molecule has 20 heavy (non-hydrogen) atoms. The van der Waals surface area contributed by atoms with Gasteiger partial charge in [0.2, 0.25) is 0 Å². The quantitative estimate of drug-likeness (QED) is 0.343. The molecule has 1 nitrogen and oxygen atoms in total. The van der Waals surface area contributed by atoms with Crippen LogP contribution in [0.15, 0.2) is 0 Å². The van der Waals surface area contributed by atoms with E-state index < -0.39 is 0 Å². The van der Waals surface area contributed by atoms with E-state index in [2.05, 4.69) is 32.6 Å². The van der Waals surface area contributed by atoms with Crippen LogP contribution in [0.1, 0.15) is 79.1 Å². The standard InChI is InChI=1S/C17H35NS2/c1-5-9-11-15(7-3)13-18(17(19)20)14-16(8-4)12-10-6-2/h15-16H,5-14H2,1-4H3,(H,19,20)/p-1. The lowest BCUT2D eigenvalue weighted by Gasteiger charge is -2.35. The maximum absolute atomic E-state index is 5.32. The van der Waals surface area contributed by atoms with Crippen LogP contribution in [-0.2, 0) is 12.6 Å². The summed E-state index contributed by atoms with van der Waals surface area (Å²) < 4.78 is 0.676. The average Bonchev–Trinajstić information content (AvgIpc) is 2.45. The van der Waals surface area contributed by atoms with E-state index in [1.54, 1.807) is 0 Å². The fourth-order valence-electron chi connectivity index (χ4n) is 2.68. The van der Waals surface area contributed by atoms with Crippen LogP contribution in [0.2, 0.25) is 0 Å². The Morgan fingerprint density at radius 1 is 0.900 bits per heavy atom. The third-order valence-corrected chi connectivity index (χ3v) is 4.82. The first-order chi connectivity index (χ1) is 9.58. The Hall–Kier alpha value is 0.110. The van der Waals surface area contributed by atoms with Gasteiger partial charge < -0.3 is 29.7 Å². The van der Waals surface area contributed by atoms with Crippen LogP contribution in [0, 0.1) is 11.8 Å². The summed E-state index contributed by atoms with van der Waals surface area (Å²) in [6.07, 6.45) is 10.3. The summed E-state index contributed by atoms with van der Waals surface area (Å²) in [7, 11) is 0. The van der Waals surface area contributed by atoms with Crippen molar-refractivity contribution < 1.29 is 0 Å². The third-order valence-electron chi connectivity index (χ3n) is 4.30. The second-order valence-corrected chi connectivity index (χ2v) is 7.04. The van der Waals surface area contributed by atoms with Crippen molar-refractivity contribution in [1.29, 1.82) is 0 Å². The molecule has 0 amide bonds. The Morgan fingerprint density at radius 3 is 1.55 bits per heavy atom. The molecule has 0 heterocycles. The van der Waals surface area contributed by atoms with Crippen molar-refractivity contribution >= 4 is 29.2 Å². The molecule has 0 bridgehead atoms. The summed E-state index contributed by atoms with van der Waals surface area (Å²) in [5.41, 5.74) is 0. The van der Waals surface area contributed by atoms with Gasteiger partial charge in [-0.3, -0.25) is 0 Å². The predicted molar refractivity (Wildman–Crippen MR) is 98.1 cm³/mol. The van der Waals surface area contributed by atoms with Crippen LogP contribution in [0.4, 0.5) is 0 Å². The molecule has 0 N–H and O–H groups in total. The van der Waals surface area contributed by atoms with Crippen LogP contribution in [0.3, 0.4) is 0 Å². The first-order valence-corrected chi connectivity index (χ1v) is 9.36. The Bertz CT molecular complexity index is 225. The van der Waals surface area contributed by atoms with Crippen molar-refractivity contribution in [3.63, 3.8) is 0 Å². The molecule has 0 rings (SSSR count). The number of thiocarbonyl (C=S) groups is 1. The van der Waals surface area contributed by atoms with Gasteiger partial charge in [0, 0.05) is 13.1 Å². The van der Waals surface area contributed by atoms with Gasteiger partial charge in [-0.2, -0.15) is 0 Å². The topological polar surface area (TPSA) is 3.24 Å². The van der Waals surface area contributed by atoms with Crippen molar-refractivity contribution in [3.8, 4) is 0 Å². The monoisotopic (exact) mass is 316 g/mol. The van der Waals surface area contributed by atoms with Gasteiger partial charge in [-0.25, -0.2) is 0 Å². The molecule has 0 radical (unpaired) electrons. The largest absolute Gasteiger partial charge is 0.411 e. The number of rotatable bonds is 12. The van der Waals surface area contributed by atoms with E-state index in [0.717, 1.165) is 24.9 Å². The van der Waals surface area contributed by atoms with Crippen molar-refractivity contribution in [2.75, 3.05) is 13.1 Å². The van der Waals surface area contributed by atoms with Crippen molar-refractivity contribution in [3.05, 3.63) is 0 Å². The summed E-state index contributed by atoms with van der Waals surface area (Å²) in [5.74, 6) is 1.50. The number of nitrogens with zero attached hydrogens (tertiary/aromatic N) is 1. The zero-order chi connectivity index (χ0) is 15.4. The number of hydrogen-bond acceptors (Lipinski definition) is 2. The highest BCUT2D eigenvalue weighted by Crippen LogP contribution is 2.19. The minimum atomic E-state index is 0.676. The van der Waals surface area contributed by atoms with E-state index in [0.29, 0.717) is 4.32 Å².